The summed E-state index contributed by atoms with van der Waals surface area (Å²) < 4.78 is 5.34. The highest BCUT2D eigenvalue weighted by atomic mass is 16.5. The molecule has 3 rings (SSSR count). The van der Waals surface area contributed by atoms with Crippen molar-refractivity contribution in [1.29, 1.82) is 0 Å². The largest absolute Gasteiger partial charge is 0.497 e. The third kappa shape index (κ3) is 2.39. The van der Waals surface area contributed by atoms with Gasteiger partial charge in [0.1, 0.15) is 5.75 Å². The number of piperidine rings is 2. The van der Waals surface area contributed by atoms with E-state index in [9.17, 15) is 0 Å². The zero-order chi connectivity index (χ0) is 12.4. The first-order chi connectivity index (χ1) is 8.86. The summed E-state index contributed by atoms with van der Waals surface area (Å²) in [6, 6.07) is 9.51. The van der Waals surface area contributed by atoms with Gasteiger partial charge >= 0.3 is 0 Å². The normalized spacial score (nSPS) is 28.7. The van der Waals surface area contributed by atoms with Crippen LogP contribution in [0.5, 0.6) is 5.75 Å². The van der Waals surface area contributed by atoms with E-state index in [1.54, 1.807) is 7.11 Å². The Morgan fingerprint density at radius 1 is 1.17 bits per heavy atom. The molecule has 2 aliphatic heterocycles. The third-order valence-corrected chi connectivity index (χ3v) is 4.62. The zero-order valence-corrected chi connectivity index (χ0v) is 11.3. The van der Waals surface area contributed by atoms with Crippen LogP contribution >= 0.6 is 0 Å². The fraction of sp³-hybridized carbons (Fsp3) is 0.625. The molecule has 0 unspecified atom stereocenters. The Morgan fingerprint density at radius 2 is 2.11 bits per heavy atom. The summed E-state index contributed by atoms with van der Waals surface area (Å²) in [5.74, 6) is 1.70. The van der Waals surface area contributed by atoms with E-state index in [0.29, 0.717) is 5.92 Å². The molecule has 0 bridgehead atoms. The van der Waals surface area contributed by atoms with E-state index in [2.05, 4.69) is 23.1 Å². The van der Waals surface area contributed by atoms with Crippen LogP contribution in [0.25, 0.3) is 0 Å². The van der Waals surface area contributed by atoms with Crippen molar-refractivity contribution >= 4 is 0 Å². The second-order valence-corrected chi connectivity index (χ2v) is 5.70. The van der Waals surface area contributed by atoms with Crippen LogP contribution in [-0.2, 0) is 0 Å². The van der Waals surface area contributed by atoms with Crippen molar-refractivity contribution < 1.29 is 4.74 Å². The predicted molar refractivity (Wildman–Crippen MR) is 74.2 cm³/mol. The monoisotopic (exact) mass is 245 g/mol. The SMILES string of the molecule is COc1cccc([C@H]2CC[C@@H]3CCCCN3C2)c1. The van der Waals surface area contributed by atoms with Crippen LogP contribution in [0.4, 0.5) is 0 Å². The molecule has 1 aromatic rings. The van der Waals surface area contributed by atoms with Gasteiger partial charge in [-0.2, -0.15) is 0 Å². The van der Waals surface area contributed by atoms with Crippen LogP contribution in [0.2, 0.25) is 0 Å². The van der Waals surface area contributed by atoms with Crippen LogP contribution in [0.15, 0.2) is 24.3 Å². The van der Waals surface area contributed by atoms with Gasteiger partial charge in [0.15, 0.2) is 0 Å². The van der Waals surface area contributed by atoms with Crippen LogP contribution in [0.1, 0.15) is 43.6 Å². The lowest BCUT2D eigenvalue weighted by Crippen LogP contribution is -2.45. The number of hydrogen-bond acceptors (Lipinski definition) is 2. The molecule has 2 atom stereocenters. The maximum atomic E-state index is 5.34. The number of ether oxygens (including phenoxy) is 1. The van der Waals surface area contributed by atoms with Crippen molar-refractivity contribution in [3.05, 3.63) is 29.8 Å². The molecule has 0 radical (unpaired) electrons. The summed E-state index contributed by atoms with van der Waals surface area (Å²) in [4.78, 5) is 2.72. The van der Waals surface area contributed by atoms with Gasteiger partial charge < -0.3 is 4.74 Å². The second kappa shape index (κ2) is 5.31. The second-order valence-electron chi connectivity index (χ2n) is 5.70. The lowest BCUT2D eigenvalue weighted by atomic mass is 9.84. The molecular formula is C16H23NO. The molecular weight excluding hydrogens is 222 g/mol. The van der Waals surface area contributed by atoms with Gasteiger partial charge in [-0.3, -0.25) is 4.90 Å². The Bertz CT molecular complexity index is 404. The van der Waals surface area contributed by atoms with Gasteiger partial charge in [-0.15, -0.1) is 0 Å². The molecule has 2 nitrogen and oxygen atoms in total. The molecule has 2 heterocycles. The standard InChI is InChI=1S/C16H23NO/c1-18-16-7-4-5-13(11-16)14-8-9-15-6-2-3-10-17(15)12-14/h4-5,7,11,14-15H,2-3,6,8-10,12H2,1H3/t14-,15-/m0/s1. The molecule has 0 amide bonds. The van der Waals surface area contributed by atoms with Crippen molar-refractivity contribution in [2.75, 3.05) is 20.2 Å². The summed E-state index contributed by atoms with van der Waals surface area (Å²) >= 11 is 0. The minimum Gasteiger partial charge on any atom is -0.497 e. The average molecular weight is 245 g/mol. The van der Waals surface area contributed by atoms with Gasteiger partial charge in [-0.05, 0) is 55.8 Å². The molecule has 0 spiro atoms. The average Bonchev–Trinajstić information content (AvgIpc) is 2.47. The number of fused-ring (bicyclic) bond motifs is 1. The van der Waals surface area contributed by atoms with Crippen molar-refractivity contribution in [1.82, 2.24) is 4.90 Å². The number of hydrogen-bond donors (Lipinski definition) is 0. The van der Waals surface area contributed by atoms with Crippen LogP contribution < -0.4 is 4.74 Å². The number of methoxy groups -OCH3 is 1. The first-order valence-electron chi connectivity index (χ1n) is 7.25. The molecule has 98 valence electrons. The van der Waals surface area contributed by atoms with Crippen LogP contribution in [0.3, 0.4) is 0 Å². The topological polar surface area (TPSA) is 12.5 Å². The van der Waals surface area contributed by atoms with Gasteiger partial charge in [-0.1, -0.05) is 18.6 Å². The summed E-state index contributed by atoms with van der Waals surface area (Å²) in [6.07, 6.45) is 6.97. The van der Waals surface area contributed by atoms with E-state index in [-0.39, 0.29) is 0 Å². The molecule has 1 aromatic carbocycles. The quantitative estimate of drug-likeness (QED) is 0.791. The van der Waals surface area contributed by atoms with Gasteiger partial charge in [-0.25, -0.2) is 0 Å². The van der Waals surface area contributed by atoms with Gasteiger partial charge in [0.2, 0.25) is 0 Å². The Hall–Kier alpha value is -1.02. The Kier molecular flexibility index (Phi) is 3.55. The number of rotatable bonds is 2. The van der Waals surface area contributed by atoms with E-state index in [1.165, 1.54) is 50.8 Å². The molecule has 0 aromatic heterocycles. The number of benzene rings is 1. The smallest absolute Gasteiger partial charge is 0.119 e. The van der Waals surface area contributed by atoms with Gasteiger partial charge in [0.05, 0.1) is 7.11 Å². The third-order valence-electron chi connectivity index (χ3n) is 4.62. The van der Waals surface area contributed by atoms with Crippen molar-refractivity contribution in [3.8, 4) is 5.75 Å². The van der Waals surface area contributed by atoms with E-state index in [4.69, 9.17) is 4.74 Å². The lowest BCUT2D eigenvalue weighted by Gasteiger charge is -2.42. The fourth-order valence-corrected chi connectivity index (χ4v) is 3.56. The molecule has 0 aliphatic carbocycles. The molecule has 18 heavy (non-hydrogen) atoms. The Labute approximate surface area is 110 Å². The number of nitrogens with zero attached hydrogens (tertiary/aromatic N) is 1. The zero-order valence-electron chi connectivity index (χ0n) is 11.3. The van der Waals surface area contributed by atoms with E-state index in [1.807, 2.05) is 6.07 Å². The van der Waals surface area contributed by atoms with Gasteiger partial charge in [0.25, 0.3) is 0 Å². The molecule has 2 aliphatic rings. The molecule has 0 N–H and O–H groups in total. The maximum Gasteiger partial charge on any atom is 0.119 e. The minimum atomic E-state index is 0.703. The van der Waals surface area contributed by atoms with Crippen LogP contribution in [0, 0.1) is 0 Å². The highest BCUT2D eigenvalue weighted by Gasteiger charge is 2.30. The maximum absolute atomic E-state index is 5.34. The lowest BCUT2D eigenvalue weighted by molar-refractivity contribution is 0.0959. The highest BCUT2D eigenvalue weighted by Crippen LogP contribution is 2.34. The van der Waals surface area contributed by atoms with Crippen molar-refractivity contribution in [2.45, 2.75) is 44.1 Å². The molecule has 2 heteroatoms. The Morgan fingerprint density at radius 3 is 3.00 bits per heavy atom. The minimum absolute atomic E-state index is 0.703. The summed E-state index contributed by atoms with van der Waals surface area (Å²) in [7, 11) is 1.75. The molecule has 2 fully saturated rings. The Balaban J connectivity index is 1.72. The van der Waals surface area contributed by atoms with Gasteiger partial charge in [0, 0.05) is 12.6 Å². The van der Waals surface area contributed by atoms with Crippen molar-refractivity contribution in [3.63, 3.8) is 0 Å². The van der Waals surface area contributed by atoms with E-state index < -0.39 is 0 Å². The first-order valence-corrected chi connectivity index (χ1v) is 7.25. The molecule has 2 saturated heterocycles. The highest BCUT2D eigenvalue weighted by molar-refractivity contribution is 5.31. The summed E-state index contributed by atoms with van der Waals surface area (Å²) in [5.41, 5.74) is 1.46. The van der Waals surface area contributed by atoms with Crippen LogP contribution in [-0.4, -0.2) is 31.1 Å². The summed E-state index contributed by atoms with van der Waals surface area (Å²) in [6.45, 7) is 2.56. The first kappa shape index (κ1) is 12.0. The van der Waals surface area contributed by atoms with E-state index in [0.717, 1.165) is 11.8 Å². The van der Waals surface area contributed by atoms with E-state index >= 15 is 0 Å². The predicted octanol–water partition coefficient (Wildman–Crippen LogP) is 3.43. The van der Waals surface area contributed by atoms with Crippen molar-refractivity contribution in [2.24, 2.45) is 0 Å². The summed E-state index contributed by atoms with van der Waals surface area (Å²) in [5, 5.41) is 0. The fourth-order valence-electron chi connectivity index (χ4n) is 3.56. The molecule has 0 saturated carbocycles.